The topological polar surface area (TPSA) is 55.4 Å². The second kappa shape index (κ2) is 5.27. The second-order valence-electron chi connectivity index (χ2n) is 2.99. The number of rotatable bonds is 5. The van der Waals surface area contributed by atoms with Crippen LogP contribution in [-0.2, 0) is 14.8 Å². The van der Waals surface area contributed by atoms with Crippen LogP contribution in [0.4, 0.5) is 0 Å². The van der Waals surface area contributed by atoms with Crippen molar-refractivity contribution in [3.63, 3.8) is 0 Å². The first-order valence-electron chi connectivity index (χ1n) is 4.15. The highest BCUT2D eigenvalue weighted by atomic mass is 35.5. The zero-order valence-corrected chi connectivity index (χ0v) is 10.7. The van der Waals surface area contributed by atoms with Gasteiger partial charge in [-0.2, -0.15) is 0 Å². The largest absolute Gasteiger partial charge is 0.375 e. The first kappa shape index (κ1) is 12.9. The second-order valence-corrected chi connectivity index (χ2v) is 6.57. The average molecular weight is 270 g/mol. The summed E-state index contributed by atoms with van der Waals surface area (Å²) in [6.07, 6.45) is 0.818. The Kier molecular flexibility index (Phi) is 4.54. The number of sulfonamides is 1. The summed E-state index contributed by atoms with van der Waals surface area (Å²) >= 11 is 7.15. The molecule has 0 bridgehead atoms. The lowest BCUT2D eigenvalue weighted by Gasteiger charge is -2.13. The van der Waals surface area contributed by atoms with Gasteiger partial charge in [0.05, 0.1) is 10.6 Å². The van der Waals surface area contributed by atoms with Crippen LogP contribution in [0.3, 0.4) is 0 Å². The van der Waals surface area contributed by atoms with Crippen molar-refractivity contribution in [3.8, 4) is 0 Å². The van der Waals surface area contributed by atoms with Crippen molar-refractivity contribution in [2.45, 2.75) is 6.10 Å². The normalized spacial score (nSPS) is 14.1. The summed E-state index contributed by atoms with van der Waals surface area (Å²) in [6, 6.07) is 3.58. The number of halogens is 1. The Morgan fingerprint density at radius 1 is 1.60 bits per heavy atom. The minimum Gasteiger partial charge on any atom is -0.375 e. The quantitative estimate of drug-likeness (QED) is 0.884. The van der Waals surface area contributed by atoms with Crippen LogP contribution in [0.5, 0.6) is 0 Å². The Morgan fingerprint density at radius 3 is 2.67 bits per heavy atom. The van der Waals surface area contributed by atoms with Crippen molar-refractivity contribution in [2.75, 3.05) is 19.9 Å². The minimum atomic E-state index is -3.19. The predicted octanol–water partition coefficient (Wildman–Crippen LogP) is 1.64. The molecule has 7 heteroatoms. The monoisotopic (exact) mass is 269 g/mol. The summed E-state index contributed by atoms with van der Waals surface area (Å²) in [6.45, 7) is 0.214. The molecule has 0 aliphatic heterocycles. The van der Waals surface area contributed by atoms with E-state index in [-0.39, 0.29) is 12.6 Å². The number of hydrogen-bond acceptors (Lipinski definition) is 4. The summed E-state index contributed by atoms with van der Waals surface area (Å²) in [5.41, 5.74) is 0. The number of ether oxygens (including phenoxy) is 1. The molecule has 0 aliphatic carbocycles. The van der Waals surface area contributed by atoms with Crippen molar-refractivity contribution < 1.29 is 13.2 Å². The van der Waals surface area contributed by atoms with Crippen molar-refractivity contribution in [2.24, 2.45) is 0 Å². The molecule has 0 spiro atoms. The minimum absolute atomic E-state index is 0.214. The predicted molar refractivity (Wildman–Crippen MR) is 61.9 cm³/mol. The van der Waals surface area contributed by atoms with Crippen molar-refractivity contribution >= 4 is 33.0 Å². The summed E-state index contributed by atoms with van der Waals surface area (Å²) in [5, 5.41) is 0. The van der Waals surface area contributed by atoms with Gasteiger partial charge in [0.1, 0.15) is 6.10 Å². The third-order valence-corrected chi connectivity index (χ3v) is 3.74. The summed E-state index contributed by atoms with van der Waals surface area (Å²) in [4.78, 5) is 0.902. The van der Waals surface area contributed by atoms with Gasteiger partial charge < -0.3 is 4.74 Å². The molecule has 0 fully saturated rings. The first-order chi connectivity index (χ1) is 6.92. The van der Waals surface area contributed by atoms with E-state index in [9.17, 15) is 8.42 Å². The maximum absolute atomic E-state index is 10.9. The molecule has 0 saturated heterocycles. The molecular formula is C8H12ClNO3S2. The first-order valence-corrected chi connectivity index (χ1v) is 7.23. The Labute approximate surface area is 98.3 Å². The van der Waals surface area contributed by atoms with E-state index < -0.39 is 10.0 Å². The molecule has 1 atom stereocenters. The fourth-order valence-corrected chi connectivity index (χ4v) is 2.62. The number of methoxy groups -OCH3 is 1. The van der Waals surface area contributed by atoms with Gasteiger partial charge in [0.2, 0.25) is 10.0 Å². The fourth-order valence-electron chi connectivity index (χ4n) is 1.03. The van der Waals surface area contributed by atoms with E-state index in [0.29, 0.717) is 4.34 Å². The van der Waals surface area contributed by atoms with Crippen LogP contribution >= 0.6 is 22.9 Å². The highest BCUT2D eigenvalue weighted by Crippen LogP contribution is 2.28. The molecule has 0 saturated carbocycles. The SMILES string of the molecule is CO[C@@H](CNS(C)(=O)=O)c1ccc(Cl)s1. The highest BCUT2D eigenvalue weighted by Gasteiger charge is 2.14. The molecule has 0 amide bonds. The Bertz CT molecular complexity index is 415. The number of hydrogen-bond donors (Lipinski definition) is 1. The zero-order valence-electron chi connectivity index (χ0n) is 8.36. The Hall–Kier alpha value is -0.140. The van der Waals surface area contributed by atoms with E-state index in [2.05, 4.69) is 4.72 Å². The van der Waals surface area contributed by atoms with E-state index in [1.165, 1.54) is 18.4 Å². The average Bonchev–Trinajstić information content (AvgIpc) is 2.51. The third-order valence-electron chi connectivity index (χ3n) is 1.73. The molecule has 1 heterocycles. The van der Waals surface area contributed by atoms with E-state index in [1.54, 1.807) is 6.07 Å². The van der Waals surface area contributed by atoms with E-state index in [4.69, 9.17) is 16.3 Å². The zero-order chi connectivity index (χ0) is 11.5. The molecule has 1 N–H and O–H groups in total. The fraction of sp³-hybridized carbons (Fsp3) is 0.500. The van der Waals surface area contributed by atoms with Crippen LogP contribution in [0.15, 0.2) is 12.1 Å². The highest BCUT2D eigenvalue weighted by molar-refractivity contribution is 7.88. The van der Waals surface area contributed by atoms with Crippen molar-refractivity contribution in [1.82, 2.24) is 4.72 Å². The molecule has 86 valence electrons. The van der Waals surface area contributed by atoms with Crippen LogP contribution in [0.2, 0.25) is 4.34 Å². The lowest BCUT2D eigenvalue weighted by Crippen LogP contribution is -2.27. The lowest BCUT2D eigenvalue weighted by atomic mass is 10.3. The van der Waals surface area contributed by atoms with Crippen LogP contribution in [0, 0.1) is 0 Å². The van der Waals surface area contributed by atoms with Gasteiger partial charge in [-0.3, -0.25) is 0 Å². The third kappa shape index (κ3) is 4.48. The molecule has 15 heavy (non-hydrogen) atoms. The number of nitrogens with one attached hydrogen (secondary N) is 1. The molecule has 0 unspecified atom stereocenters. The Balaban J connectivity index is 2.65. The van der Waals surface area contributed by atoms with Crippen LogP contribution < -0.4 is 4.72 Å². The molecular weight excluding hydrogens is 258 g/mol. The lowest BCUT2D eigenvalue weighted by molar-refractivity contribution is 0.110. The summed E-state index contributed by atoms with van der Waals surface area (Å²) in [5.74, 6) is 0. The summed E-state index contributed by atoms with van der Waals surface area (Å²) in [7, 11) is -1.66. The van der Waals surface area contributed by atoms with E-state index >= 15 is 0 Å². The molecule has 4 nitrogen and oxygen atoms in total. The van der Waals surface area contributed by atoms with Crippen LogP contribution in [-0.4, -0.2) is 28.3 Å². The molecule has 0 radical (unpaired) electrons. The van der Waals surface area contributed by atoms with Crippen molar-refractivity contribution in [3.05, 3.63) is 21.3 Å². The number of thiophene rings is 1. The molecule has 1 rings (SSSR count). The van der Waals surface area contributed by atoms with Gasteiger partial charge in [0.15, 0.2) is 0 Å². The van der Waals surface area contributed by atoms with Gasteiger partial charge in [0, 0.05) is 18.5 Å². The van der Waals surface area contributed by atoms with Gasteiger partial charge >= 0.3 is 0 Å². The van der Waals surface area contributed by atoms with E-state index in [1.807, 2.05) is 6.07 Å². The van der Waals surface area contributed by atoms with Crippen LogP contribution in [0.25, 0.3) is 0 Å². The van der Waals surface area contributed by atoms with E-state index in [0.717, 1.165) is 11.1 Å². The van der Waals surface area contributed by atoms with Gasteiger partial charge in [-0.25, -0.2) is 13.1 Å². The van der Waals surface area contributed by atoms with Gasteiger partial charge in [-0.15, -0.1) is 11.3 Å². The van der Waals surface area contributed by atoms with Gasteiger partial charge in [0.25, 0.3) is 0 Å². The smallest absolute Gasteiger partial charge is 0.208 e. The van der Waals surface area contributed by atoms with Crippen molar-refractivity contribution in [1.29, 1.82) is 0 Å². The Morgan fingerprint density at radius 2 is 2.27 bits per heavy atom. The standard InChI is InChI=1S/C8H12ClNO3S2/c1-13-6(5-10-15(2,11)12)7-3-4-8(9)14-7/h3-4,6,10H,5H2,1-2H3/t6-/m0/s1. The summed E-state index contributed by atoms with van der Waals surface area (Å²) < 4.78 is 30.0. The molecule has 0 aromatic carbocycles. The molecule has 1 aromatic heterocycles. The van der Waals surface area contributed by atoms with Gasteiger partial charge in [-0.05, 0) is 12.1 Å². The molecule has 1 aromatic rings. The van der Waals surface area contributed by atoms with Crippen LogP contribution in [0.1, 0.15) is 11.0 Å². The maximum atomic E-state index is 10.9. The molecule has 0 aliphatic rings. The maximum Gasteiger partial charge on any atom is 0.208 e. The van der Waals surface area contributed by atoms with Gasteiger partial charge in [-0.1, -0.05) is 11.6 Å².